The molecule has 1 amide bonds. The molecule has 2 heterocycles. The van der Waals surface area contributed by atoms with Gasteiger partial charge < -0.3 is 24.6 Å². The molecule has 13 nitrogen and oxygen atoms in total. The number of thioether (sulfide) groups is 1. The minimum atomic E-state index is -4.10. The molecule has 0 spiro atoms. The van der Waals surface area contributed by atoms with Crippen LogP contribution in [0.25, 0.3) is 11.1 Å². The SMILES string of the molecule is CCOP(=O)(NC(=O)c1ccc(N2CCN([C@@H](O)c3ccccc3-c3ccc(Cl)cc3)CC2)cc1)c1ccc(N[C@H](CCN2CCOCC2)CSc2ccccc2)c([N+](=O)[O-])c1. The fourth-order valence-electron chi connectivity index (χ4n) is 7.68. The predicted octanol–water partition coefficient (Wildman–Crippen LogP) is 8.31. The molecule has 2 fully saturated rings. The van der Waals surface area contributed by atoms with E-state index >= 15 is 0 Å². The van der Waals surface area contributed by atoms with Gasteiger partial charge in [0.2, 0.25) is 0 Å². The van der Waals surface area contributed by atoms with Gasteiger partial charge in [-0.25, -0.2) is 0 Å². The van der Waals surface area contributed by atoms with Gasteiger partial charge in [-0.3, -0.25) is 34.4 Å². The molecule has 326 valence electrons. The summed E-state index contributed by atoms with van der Waals surface area (Å²) in [5.74, 6) is 0.0336. The first-order chi connectivity index (χ1) is 30.1. The van der Waals surface area contributed by atoms with Crippen LogP contribution < -0.4 is 20.6 Å². The van der Waals surface area contributed by atoms with Gasteiger partial charge in [-0.15, -0.1) is 11.8 Å². The van der Waals surface area contributed by atoms with Crippen LogP contribution in [0.2, 0.25) is 5.02 Å². The Hall–Kier alpha value is -4.76. The van der Waals surface area contributed by atoms with Crippen LogP contribution in [0.1, 0.15) is 35.5 Å². The van der Waals surface area contributed by atoms with Crippen LogP contribution in [0.15, 0.2) is 126 Å². The van der Waals surface area contributed by atoms with E-state index in [0.29, 0.717) is 55.9 Å². The Kier molecular flexibility index (Phi) is 15.7. The molecule has 1 unspecified atom stereocenters. The van der Waals surface area contributed by atoms with Crippen molar-refractivity contribution in [3.8, 4) is 11.1 Å². The molecule has 0 aromatic heterocycles. The number of rotatable bonds is 18. The quantitative estimate of drug-likeness (QED) is 0.0336. The molecule has 3 atom stereocenters. The summed E-state index contributed by atoms with van der Waals surface area (Å²) < 4.78 is 25.6. The third-order valence-corrected chi connectivity index (χ3v) is 14.6. The van der Waals surface area contributed by atoms with Gasteiger partial charge in [0.1, 0.15) is 11.9 Å². The lowest BCUT2D eigenvalue weighted by atomic mass is 9.98. The Morgan fingerprint density at radius 3 is 2.31 bits per heavy atom. The van der Waals surface area contributed by atoms with E-state index in [1.54, 1.807) is 36.9 Å². The molecule has 7 rings (SSSR count). The summed E-state index contributed by atoms with van der Waals surface area (Å²) in [5, 5.41) is 30.7. The van der Waals surface area contributed by atoms with Gasteiger partial charge in [0.25, 0.3) is 11.6 Å². The van der Waals surface area contributed by atoms with E-state index in [4.69, 9.17) is 20.9 Å². The van der Waals surface area contributed by atoms with Gasteiger partial charge in [0.15, 0.2) is 0 Å². The summed E-state index contributed by atoms with van der Waals surface area (Å²) in [6.45, 7) is 8.00. The zero-order chi connectivity index (χ0) is 43.5. The number of piperazine rings is 1. The third-order valence-electron chi connectivity index (χ3n) is 11.1. The lowest BCUT2D eigenvalue weighted by Crippen LogP contribution is -2.47. The van der Waals surface area contributed by atoms with Gasteiger partial charge in [0, 0.05) is 90.4 Å². The molecule has 16 heteroatoms. The first-order valence-corrected chi connectivity index (χ1v) is 23.8. The highest BCUT2D eigenvalue weighted by molar-refractivity contribution is 7.99. The number of benzene rings is 5. The number of hydrogen-bond donors (Lipinski definition) is 3. The first-order valence-electron chi connectivity index (χ1n) is 20.8. The Morgan fingerprint density at radius 1 is 0.919 bits per heavy atom. The third kappa shape index (κ3) is 11.6. The van der Waals surface area contributed by atoms with E-state index in [0.717, 1.165) is 53.3 Å². The molecule has 2 saturated heterocycles. The molecular formula is C46H52ClN6O7PS. The molecule has 0 radical (unpaired) electrons. The monoisotopic (exact) mass is 898 g/mol. The zero-order valence-corrected chi connectivity index (χ0v) is 37.1. The summed E-state index contributed by atoms with van der Waals surface area (Å²) in [6.07, 6.45) is -0.0536. The van der Waals surface area contributed by atoms with Crippen molar-refractivity contribution in [2.24, 2.45) is 0 Å². The number of nitrogens with one attached hydrogen (secondary N) is 2. The number of aliphatic hydroxyl groups is 1. The van der Waals surface area contributed by atoms with Gasteiger partial charge in [0.05, 0.1) is 30.0 Å². The van der Waals surface area contributed by atoms with E-state index in [2.05, 4.69) is 20.2 Å². The topological polar surface area (TPSA) is 150 Å². The molecule has 5 aromatic carbocycles. The average Bonchev–Trinajstić information content (AvgIpc) is 3.30. The van der Waals surface area contributed by atoms with Crippen molar-refractivity contribution in [3.63, 3.8) is 0 Å². The van der Waals surface area contributed by atoms with Crippen LogP contribution in [0.4, 0.5) is 17.1 Å². The Labute approximate surface area is 372 Å². The maximum absolute atomic E-state index is 14.4. The van der Waals surface area contributed by atoms with Crippen molar-refractivity contribution in [2.45, 2.75) is 30.5 Å². The molecule has 2 aliphatic heterocycles. The van der Waals surface area contributed by atoms with Crippen molar-refractivity contribution in [2.75, 3.05) is 81.6 Å². The largest absolute Gasteiger partial charge is 0.379 e. The molecule has 2 aliphatic rings. The van der Waals surface area contributed by atoms with E-state index < -0.39 is 24.6 Å². The van der Waals surface area contributed by atoms with Crippen molar-refractivity contribution >= 4 is 59.2 Å². The number of anilines is 2. The highest BCUT2D eigenvalue weighted by Crippen LogP contribution is 2.43. The Bertz CT molecular complexity index is 2310. The number of carbonyl (C=O) groups excluding carboxylic acids is 1. The number of aliphatic hydroxyl groups excluding tert-OH is 1. The maximum atomic E-state index is 14.4. The minimum Gasteiger partial charge on any atom is -0.379 e. The lowest BCUT2D eigenvalue weighted by Gasteiger charge is -2.39. The van der Waals surface area contributed by atoms with E-state index in [-0.39, 0.29) is 29.2 Å². The van der Waals surface area contributed by atoms with Crippen molar-refractivity contribution in [1.82, 2.24) is 14.9 Å². The molecule has 0 bridgehead atoms. The van der Waals surface area contributed by atoms with Crippen LogP contribution in [-0.2, 0) is 13.8 Å². The number of halogens is 1. The van der Waals surface area contributed by atoms with Crippen LogP contribution in [0.3, 0.4) is 0 Å². The molecule has 0 saturated carbocycles. The molecule has 5 aromatic rings. The number of nitro groups is 1. The number of carbonyl (C=O) groups is 1. The summed E-state index contributed by atoms with van der Waals surface area (Å²) >= 11 is 7.79. The van der Waals surface area contributed by atoms with Crippen LogP contribution >= 0.6 is 30.9 Å². The Balaban J connectivity index is 0.997. The number of nitro benzene ring substituents is 1. The smallest absolute Gasteiger partial charge is 0.326 e. The fraction of sp³-hybridized carbons (Fsp3) is 0.326. The van der Waals surface area contributed by atoms with Gasteiger partial charge in [-0.05, 0) is 85.1 Å². The van der Waals surface area contributed by atoms with Crippen molar-refractivity contribution < 1.29 is 28.7 Å². The summed E-state index contributed by atoms with van der Waals surface area (Å²) in [5.41, 5.74) is 3.93. The lowest BCUT2D eigenvalue weighted by molar-refractivity contribution is -0.383. The highest BCUT2D eigenvalue weighted by atomic mass is 35.5. The summed E-state index contributed by atoms with van der Waals surface area (Å²) in [7, 11) is -4.10. The number of morpholine rings is 1. The van der Waals surface area contributed by atoms with Crippen molar-refractivity contribution in [3.05, 3.63) is 148 Å². The van der Waals surface area contributed by atoms with E-state index in [9.17, 15) is 24.6 Å². The zero-order valence-electron chi connectivity index (χ0n) is 34.6. The molecule has 0 aliphatic carbocycles. The molecule has 62 heavy (non-hydrogen) atoms. The van der Waals surface area contributed by atoms with Crippen LogP contribution in [0, 0.1) is 10.1 Å². The second kappa shape index (κ2) is 21.5. The van der Waals surface area contributed by atoms with Crippen LogP contribution in [-0.4, -0.2) is 103 Å². The number of amides is 1. The van der Waals surface area contributed by atoms with Crippen molar-refractivity contribution in [1.29, 1.82) is 0 Å². The molecular weight excluding hydrogens is 847 g/mol. The summed E-state index contributed by atoms with van der Waals surface area (Å²) in [6, 6.07) is 36.6. The van der Waals surface area contributed by atoms with Gasteiger partial charge in [-0.2, -0.15) is 0 Å². The highest BCUT2D eigenvalue weighted by Gasteiger charge is 2.32. The van der Waals surface area contributed by atoms with Gasteiger partial charge >= 0.3 is 7.52 Å². The maximum Gasteiger partial charge on any atom is 0.326 e. The second-order valence-electron chi connectivity index (χ2n) is 15.1. The molecule has 3 N–H and O–H groups in total. The second-order valence-corrected chi connectivity index (χ2v) is 18.7. The van der Waals surface area contributed by atoms with E-state index in [1.807, 2.05) is 95.9 Å². The minimum absolute atomic E-state index is 0.00198. The average molecular weight is 899 g/mol. The first kappa shape index (κ1) is 45.3. The fourth-order valence-corrected chi connectivity index (χ4v) is 10.5. The number of ether oxygens (including phenoxy) is 1. The number of hydrogen-bond acceptors (Lipinski definition) is 12. The van der Waals surface area contributed by atoms with Gasteiger partial charge in [-0.1, -0.05) is 66.2 Å². The standard InChI is InChI=1S/C46H52ClN6O7PS/c1-2-60-61(58,39-20-21-43(44(32-39)53(56)57)48-37(22-23-50-28-30-59-31-29-50)33-62-40-8-4-3-5-9-40)49-45(54)35-14-18-38(19-15-35)51-24-26-52(27-25-51)46(55)42-11-7-6-10-41(42)34-12-16-36(47)17-13-34/h3-21,32,37,46,48,55H,2,22-31,33H2,1H3,(H,49,54,58)/t37-,46+,61?/m1/s1. The Morgan fingerprint density at radius 2 is 1.61 bits per heavy atom. The predicted molar refractivity (Wildman–Crippen MR) is 248 cm³/mol. The normalized spacial score (nSPS) is 16.9. The van der Waals surface area contributed by atoms with Crippen LogP contribution in [0.5, 0.6) is 0 Å². The number of nitrogens with zero attached hydrogens (tertiary/aromatic N) is 4. The summed E-state index contributed by atoms with van der Waals surface area (Å²) in [4.78, 5) is 33.3. The van der Waals surface area contributed by atoms with E-state index in [1.165, 1.54) is 12.1 Å².